The molecule has 126 valence electrons. The highest BCUT2D eigenvalue weighted by atomic mass is 19.1. The summed E-state index contributed by atoms with van der Waals surface area (Å²) in [5, 5.41) is 2.72. The predicted molar refractivity (Wildman–Crippen MR) is 94.2 cm³/mol. The summed E-state index contributed by atoms with van der Waals surface area (Å²) in [5.74, 6) is -0.0559. The van der Waals surface area contributed by atoms with Crippen molar-refractivity contribution in [3.63, 3.8) is 0 Å². The highest BCUT2D eigenvalue weighted by Gasteiger charge is 2.05. The number of carbonyl (C=O) groups excluding carboxylic acids is 1. The molecule has 1 heterocycles. The molecule has 2 aromatic carbocycles. The minimum Gasteiger partial charge on any atom is -0.497 e. The monoisotopic (exact) mass is 337 g/mol. The van der Waals surface area contributed by atoms with Gasteiger partial charge in [0.1, 0.15) is 11.6 Å². The second-order valence-electron chi connectivity index (χ2n) is 5.24. The number of amides is 1. The third-order valence-electron chi connectivity index (χ3n) is 3.52. The van der Waals surface area contributed by atoms with Crippen molar-refractivity contribution >= 4 is 17.7 Å². The van der Waals surface area contributed by atoms with Crippen LogP contribution in [0.2, 0.25) is 0 Å². The molecule has 1 amide bonds. The molecule has 25 heavy (non-hydrogen) atoms. The van der Waals surface area contributed by atoms with Gasteiger partial charge in [0.2, 0.25) is 5.91 Å². The van der Waals surface area contributed by atoms with Gasteiger partial charge < -0.3 is 14.6 Å². The Morgan fingerprint density at radius 3 is 2.88 bits per heavy atom. The molecule has 0 bridgehead atoms. The third-order valence-corrected chi connectivity index (χ3v) is 3.52. The smallest absolute Gasteiger partial charge is 0.248 e. The number of rotatable bonds is 5. The molecule has 0 atom stereocenters. The number of ether oxygens (including phenoxy) is 1. The van der Waals surface area contributed by atoms with Crippen LogP contribution in [0.15, 0.2) is 67.3 Å². The Balaban J connectivity index is 1.69. The Bertz CT molecular complexity index is 905. The highest BCUT2D eigenvalue weighted by Crippen LogP contribution is 2.18. The van der Waals surface area contributed by atoms with E-state index in [0.717, 1.165) is 0 Å². The van der Waals surface area contributed by atoms with Gasteiger partial charge in [-0.3, -0.25) is 4.79 Å². The molecule has 1 N–H and O–H groups in total. The van der Waals surface area contributed by atoms with E-state index in [1.54, 1.807) is 66.5 Å². The normalized spacial score (nSPS) is 10.8. The van der Waals surface area contributed by atoms with Crippen LogP contribution in [0.4, 0.5) is 10.1 Å². The van der Waals surface area contributed by atoms with Crippen molar-refractivity contribution in [3.8, 4) is 11.4 Å². The number of methoxy groups -OCH3 is 1. The number of halogens is 1. The van der Waals surface area contributed by atoms with Crippen LogP contribution in [-0.2, 0) is 4.79 Å². The van der Waals surface area contributed by atoms with Crippen LogP contribution in [0, 0.1) is 5.82 Å². The maximum absolute atomic E-state index is 14.2. The standard InChI is InChI=1S/C19H16FN3O2/c1-25-16-4-2-3-15(12-16)22-19(24)8-6-14-5-7-18(17(20)11-14)23-10-9-21-13-23/h2-13H,1H3,(H,22,24). The van der Waals surface area contributed by atoms with Crippen molar-refractivity contribution in [1.29, 1.82) is 0 Å². The Kier molecular flexibility index (Phi) is 4.89. The van der Waals surface area contributed by atoms with Crippen LogP contribution in [0.1, 0.15) is 5.56 Å². The molecule has 0 saturated carbocycles. The van der Waals surface area contributed by atoms with Crippen molar-refractivity contribution in [2.45, 2.75) is 0 Å². The van der Waals surface area contributed by atoms with Crippen LogP contribution in [0.25, 0.3) is 11.8 Å². The van der Waals surface area contributed by atoms with Crippen molar-refractivity contribution in [2.75, 3.05) is 12.4 Å². The molecule has 5 nitrogen and oxygen atoms in total. The number of carbonyl (C=O) groups is 1. The summed E-state index contributed by atoms with van der Waals surface area (Å²) in [7, 11) is 1.56. The number of nitrogens with zero attached hydrogens (tertiary/aromatic N) is 2. The molecule has 0 aliphatic rings. The highest BCUT2D eigenvalue weighted by molar-refractivity contribution is 6.02. The molecule has 6 heteroatoms. The van der Waals surface area contributed by atoms with E-state index >= 15 is 0 Å². The second kappa shape index (κ2) is 7.44. The van der Waals surface area contributed by atoms with E-state index < -0.39 is 5.82 Å². The minimum absolute atomic E-state index is 0.313. The zero-order chi connectivity index (χ0) is 17.6. The zero-order valence-corrected chi connectivity index (χ0v) is 13.5. The van der Waals surface area contributed by atoms with Gasteiger partial charge in [0.15, 0.2) is 0 Å². The first-order valence-electron chi connectivity index (χ1n) is 7.57. The van der Waals surface area contributed by atoms with Crippen LogP contribution in [0.5, 0.6) is 5.75 Å². The van der Waals surface area contributed by atoms with Gasteiger partial charge in [-0.1, -0.05) is 12.1 Å². The summed E-state index contributed by atoms with van der Waals surface area (Å²) >= 11 is 0. The summed E-state index contributed by atoms with van der Waals surface area (Å²) in [6.45, 7) is 0. The molecular formula is C19H16FN3O2. The van der Waals surface area contributed by atoms with E-state index in [2.05, 4.69) is 10.3 Å². The van der Waals surface area contributed by atoms with Crippen molar-refractivity contribution in [2.24, 2.45) is 0 Å². The fourth-order valence-electron chi connectivity index (χ4n) is 2.29. The van der Waals surface area contributed by atoms with E-state index in [4.69, 9.17) is 4.74 Å². The fraction of sp³-hybridized carbons (Fsp3) is 0.0526. The van der Waals surface area contributed by atoms with E-state index in [1.807, 2.05) is 0 Å². The SMILES string of the molecule is COc1cccc(NC(=O)C=Cc2ccc(-n3ccnc3)c(F)c2)c1. The fourth-order valence-corrected chi connectivity index (χ4v) is 2.29. The maximum Gasteiger partial charge on any atom is 0.248 e. The van der Waals surface area contributed by atoms with E-state index in [9.17, 15) is 9.18 Å². The van der Waals surface area contributed by atoms with Gasteiger partial charge in [-0.25, -0.2) is 9.37 Å². The first-order valence-corrected chi connectivity index (χ1v) is 7.57. The molecule has 1 aromatic heterocycles. The number of benzene rings is 2. The molecule has 0 spiro atoms. The van der Waals surface area contributed by atoms with Gasteiger partial charge in [-0.05, 0) is 35.9 Å². The summed E-state index contributed by atoms with van der Waals surface area (Å²) in [4.78, 5) is 15.9. The number of hydrogen-bond donors (Lipinski definition) is 1. The number of imidazole rings is 1. The lowest BCUT2D eigenvalue weighted by Gasteiger charge is -2.05. The number of hydrogen-bond acceptors (Lipinski definition) is 3. The maximum atomic E-state index is 14.2. The molecule has 0 unspecified atom stereocenters. The van der Waals surface area contributed by atoms with Gasteiger partial charge in [0.25, 0.3) is 0 Å². The van der Waals surface area contributed by atoms with E-state index in [0.29, 0.717) is 22.7 Å². The molecule has 0 aliphatic carbocycles. The molecule has 0 aliphatic heterocycles. The number of nitrogens with one attached hydrogen (secondary N) is 1. The minimum atomic E-state index is -0.395. The van der Waals surface area contributed by atoms with Gasteiger partial charge in [-0.2, -0.15) is 0 Å². The van der Waals surface area contributed by atoms with Crippen LogP contribution in [-0.4, -0.2) is 22.6 Å². The van der Waals surface area contributed by atoms with Gasteiger partial charge in [-0.15, -0.1) is 0 Å². The van der Waals surface area contributed by atoms with Crippen molar-refractivity contribution in [3.05, 3.63) is 78.6 Å². The second-order valence-corrected chi connectivity index (χ2v) is 5.24. The lowest BCUT2D eigenvalue weighted by atomic mass is 10.1. The molecular weight excluding hydrogens is 321 g/mol. The lowest BCUT2D eigenvalue weighted by molar-refractivity contribution is -0.111. The molecule has 0 radical (unpaired) electrons. The van der Waals surface area contributed by atoms with Crippen LogP contribution < -0.4 is 10.1 Å². The molecule has 0 saturated heterocycles. The summed E-state index contributed by atoms with van der Waals surface area (Å²) < 4.78 is 20.9. The quantitative estimate of drug-likeness (QED) is 0.723. The Morgan fingerprint density at radius 2 is 2.16 bits per heavy atom. The summed E-state index contributed by atoms with van der Waals surface area (Å²) in [5.41, 5.74) is 1.60. The van der Waals surface area contributed by atoms with Gasteiger partial charge >= 0.3 is 0 Å². The first kappa shape index (κ1) is 16.4. The van der Waals surface area contributed by atoms with Crippen molar-refractivity contribution < 1.29 is 13.9 Å². The third kappa shape index (κ3) is 4.11. The Hall–Kier alpha value is -3.41. The molecule has 3 aromatic rings. The molecule has 0 fully saturated rings. The largest absolute Gasteiger partial charge is 0.497 e. The number of aromatic nitrogens is 2. The number of anilines is 1. The van der Waals surface area contributed by atoms with Crippen LogP contribution >= 0.6 is 0 Å². The topological polar surface area (TPSA) is 56.1 Å². The average Bonchev–Trinajstić information content (AvgIpc) is 3.14. The average molecular weight is 337 g/mol. The van der Waals surface area contributed by atoms with E-state index in [1.165, 1.54) is 18.5 Å². The lowest BCUT2D eigenvalue weighted by Crippen LogP contribution is -2.07. The predicted octanol–water partition coefficient (Wildman–Crippen LogP) is 3.67. The Labute approximate surface area is 144 Å². The molecule has 3 rings (SSSR count). The van der Waals surface area contributed by atoms with E-state index in [-0.39, 0.29) is 5.91 Å². The zero-order valence-electron chi connectivity index (χ0n) is 13.5. The van der Waals surface area contributed by atoms with Gasteiger partial charge in [0, 0.05) is 30.2 Å². The van der Waals surface area contributed by atoms with Crippen molar-refractivity contribution in [1.82, 2.24) is 9.55 Å². The Morgan fingerprint density at radius 1 is 1.28 bits per heavy atom. The summed E-state index contributed by atoms with van der Waals surface area (Å²) in [6, 6.07) is 11.8. The van der Waals surface area contributed by atoms with Gasteiger partial charge in [0.05, 0.1) is 19.1 Å². The van der Waals surface area contributed by atoms with Crippen LogP contribution in [0.3, 0.4) is 0 Å². The summed E-state index contributed by atoms with van der Waals surface area (Å²) in [6.07, 6.45) is 7.67. The first-order chi connectivity index (χ1) is 12.2.